The standard InChI is InChI=1S/C19H21F3N2O2/c1-2-3-12-26-15-9-5-7-13-6-4-8-14(17(13)15)18(19(20,21)22)24-11-10-16(25)23-24/h4-9,18H,2-3,10-12H2,1H3,(H,23,25). The number of alkyl halides is 3. The summed E-state index contributed by atoms with van der Waals surface area (Å²) >= 11 is 0. The third-order valence-corrected chi connectivity index (χ3v) is 4.42. The number of halogens is 3. The molecule has 2 aromatic rings. The van der Waals surface area contributed by atoms with E-state index in [1.165, 1.54) is 6.07 Å². The first-order chi connectivity index (χ1) is 12.4. The average Bonchev–Trinajstić information content (AvgIpc) is 3.00. The van der Waals surface area contributed by atoms with Gasteiger partial charge in [-0.15, -0.1) is 0 Å². The first-order valence-corrected chi connectivity index (χ1v) is 8.69. The van der Waals surface area contributed by atoms with Gasteiger partial charge in [0, 0.05) is 18.4 Å². The zero-order chi connectivity index (χ0) is 18.7. The van der Waals surface area contributed by atoms with Crippen LogP contribution in [0.1, 0.15) is 37.8 Å². The summed E-state index contributed by atoms with van der Waals surface area (Å²) in [6.07, 6.45) is -2.73. The molecule has 26 heavy (non-hydrogen) atoms. The Morgan fingerprint density at radius 3 is 2.58 bits per heavy atom. The summed E-state index contributed by atoms with van der Waals surface area (Å²) in [4.78, 5) is 11.5. The average molecular weight is 366 g/mol. The van der Waals surface area contributed by atoms with E-state index in [0.29, 0.717) is 23.1 Å². The highest BCUT2D eigenvalue weighted by Crippen LogP contribution is 2.43. The van der Waals surface area contributed by atoms with Gasteiger partial charge in [-0.2, -0.15) is 13.2 Å². The zero-order valence-corrected chi connectivity index (χ0v) is 14.5. The smallest absolute Gasteiger partial charge is 0.409 e. The summed E-state index contributed by atoms with van der Waals surface area (Å²) in [5, 5.41) is 2.09. The summed E-state index contributed by atoms with van der Waals surface area (Å²) in [7, 11) is 0. The highest BCUT2D eigenvalue weighted by atomic mass is 19.4. The molecule has 1 atom stereocenters. The largest absolute Gasteiger partial charge is 0.493 e. The van der Waals surface area contributed by atoms with Crippen LogP contribution in [-0.4, -0.2) is 30.2 Å². The third-order valence-electron chi connectivity index (χ3n) is 4.42. The summed E-state index contributed by atoms with van der Waals surface area (Å²) in [5.41, 5.74) is 2.42. The molecule has 0 spiro atoms. The Morgan fingerprint density at radius 1 is 1.23 bits per heavy atom. The van der Waals surface area contributed by atoms with E-state index in [0.717, 1.165) is 17.9 Å². The van der Waals surface area contributed by atoms with Gasteiger partial charge in [0.15, 0.2) is 6.04 Å². The second-order valence-corrected chi connectivity index (χ2v) is 6.33. The van der Waals surface area contributed by atoms with Crippen molar-refractivity contribution in [2.75, 3.05) is 13.2 Å². The molecule has 0 saturated carbocycles. The van der Waals surface area contributed by atoms with Crippen molar-refractivity contribution in [1.29, 1.82) is 0 Å². The van der Waals surface area contributed by atoms with Crippen molar-refractivity contribution < 1.29 is 22.7 Å². The molecule has 0 bridgehead atoms. The summed E-state index contributed by atoms with van der Waals surface area (Å²) in [5.74, 6) is 0.0326. The normalized spacial score (nSPS) is 16.7. The molecule has 0 aliphatic carbocycles. The molecule has 1 saturated heterocycles. The summed E-state index contributed by atoms with van der Waals surface area (Å²) < 4.78 is 47.5. The SMILES string of the molecule is CCCCOc1cccc2cccc(C(N3CCC(=O)N3)C(F)(F)F)c12. The highest BCUT2D eigenvalue weighted by Gasteiger charge is 2.47. The molecule has 1 fully saturated rings. The number of carbonyl (C=O) groups is 1. The van der Waals surface area contributed by atoms with Crippen LogP contribution in [0.5, 0.6) is 5.75 Å². The second-order valence-electron chi connectivity index (χ2n) is 6.33. The Hall–Kier alpha value is -2.28. The number of nitrogens with zero attached hydrogens (tertiary/aromatic N) is 1. The Kier molecular flexibility index (Phi) is 5.36. The molecule has 1 N–H and O–H groups in total. The molecular weight excluding hydrogens is 345 g/mol. The van der Waals surface area contributed by atoms with Crippen LogP contribution in [0.4, 0.5) is 13.2 Å². The Bertz CT molecular complexity index is 787. The van der Waals surface area contributed by atoms with Gasteiger partial charge >= 0.3 is 6.18 Å². The quantitative estimate of drug-likeness (QED) is 0.773. The topological polar surface area (TPSA) is 41.6 Å². The molecule has 0 aromatic heterocycles. The minimum Gasteiger partial charge on any atom is -0.493 e. The Labute approximate surface area is 149 Å². The van der Waals surface area contributed by atoms with Crippen LogP contribution < -0.4 is 10.2 Å². The van der Waals surface area contributed by atoms with E-state index in [9.17, 15) is 18.0 Å². The van der Waals surface area contributed by atoms with E-state index >= 15 is 0 Å². The van der Waals surface area contributed by atoms with Crippen LogP contribution in [-0.2, 0) is 4.79 Å². The van der Waals surface area contributed by atoms with Crippen molar-refractivity contribution in [3.05, 3.63) is 42.0 Å². The van der Waals surface area contributed by atoms with Crippen molar-refractivity contribution in [1.82, 2.24) is 10.4 Å². The number of carbonyl (C=O) groups excluding carboxylic acids is 1. The second kappa shape index (κ2) is 7.53. The monoisotopic (exact) mass is 366 g/mol. The molecule has 3 rings (SSSR count). The molecule has 0 radical (unpaired) electrons. The molecule has 1 aliphatic rings. The predicted molar refractivity (Wildman–Crippen MR) is 92.6 cm³/mol. The molecule has 1 amide bonds. The minimum atomic E-state index is -4.54. The van der Waals surface area contributed by atoms with Gasteiger partial charge < -0.3 is 4.74 Å². The number of benzene rings is 2. The van der Waals surface area contributed by atoms with Crippen LogP contribution in [0, 0.1) is 0 Å². The van der Waals surface area contributed by atoms with Crippen LogP contribution >= 0.6 is 0 Å². The molecular formula is C19H21F3N2O2. The van der Waals surface area contributed by atoms with Crippen molar-refractivity contribution in [3.8, 4) is 5.75 Å². The lowest BCUT2D eigenvalue weighted by molar-refractivity contribution is -0.190. The highest BCUT2D eigenvalue weighted by molar-refractivity contribution is 5.92. The van der Waals surface area contributed by atoms with E-state index in [-0.39, 0.29) is 18.5 Å². The van der Waals surface area contributed by atoms with Crippen molar-refractivity contribution in [2.45, 2.75) is 38.4 Å². The summed E-state index contributed by atoms with van der Waals surface area (Å²) in [6.45, 7) is 2.48. The van der Waals surface area contributed by atoms with Gasteiger partial charge in [0.1, 0.15) is 5.75 Å². The number of unbranched alkanes of at least 4 members (excludes halogenated alkanes) is 1. The lowest BCUT2D eigenvalue weighted by Gasteiger charge is -2.30. The number of amides is 1. The number of hydrazine groups is 1. The van der Waals surface area contributed by atoms with Gasteiger partial charge in [-0.05, 0) is 23.4 Å². The van der Waals surface area contributed by atoms with Crippen LogP contribution in [0.3, 0.4) is 0 Å². The van der Waals surface area contributed by atoms with Crippen LogP contribution in [0.25, 0.3) is 10.8 Å². The maximum atomic E-state index is 13.9. The van der Waals surface area contributed by atoms with Gasteiger partial charge in [0.2, 0.25) is 5.91 Å². The van der Waals surface area contributed by atoms with Crippen molar-refractivity contribution in [3.63, 3.8) is 0 Å². The fourth-order valence-electron chi connectivity index (χ4n) is 3.22. The van der Waals surface area contributed by atoms with E-state index in [2.05, 4.69) is 5.43 Å². The molecule has 140 valence electrons. The molecule has 1 unspecified atom stereocenters. The van der Waals surface area contributed by atoms with Gasteiger partial charge in [0.05, 0.1) is 6.61 Å². The Morgan fingerprint density at radius 2 is 1.96 bits per heavy atom. The van der Waals surface area contributed by atoms with Crippen molar-refractivity contribution in [2.24, 2.45) is 0 Å². The van der Waals surface area contributed by atoms with E-state index in [1.54, 1.807) is 30.3 Å². The first kappa shape index (κ1) is 18.5. The molecule has 1 heterocycles. The Balaban J connectivity index is 2.10. The van der Waals surface area contributed by atoms with Crippen molar-refractivity contribution >= 4 is 16.7 Å². The zero-order valence-electron chi connectivity index (χ0n) is 14.5. The lowest BCUT2D eigenvalue weighted by atomic mass is 9.97. The van der Waals surface area contributed by atoms with Gasteiger partial charge in [-0.1, -0.05) is 43.7 Å². The number of nitrogens with one attached hydrogen (secondary N) is 1. The molecule has 1 aliphatic heterocycles. The molecule has 7 heteroatoms. The summed E-state index contributed by atoms with van der Waals surface area (Å²) in [6, 6.07) is 8.13. The third kappa shape index (κ3) is 3.77. The number of ether oxygens (including phenoxy) is 1. The van der Waals surface area contributed by atoms with Crippen LogP contribution in [0.15, 0.2) is 36.4 Å². The predicted octanol–water partition coefficient (Wildman–Crippen LogP) is 4.36. The fraction of sp³-hybridized carbons (Fsp3) is 0.421. The first-order valence-electron chi connectivity index (χ1n) is 8.69. The number of hydrogen-bond donors (Lipinski definition) is 1. The van der Waals surface area contributed by atoms with Gasteiger partial charge in [-0.25, -0.2) is 5.01 Å². The fourth-order valence-corrected chi connectivity index (χ4v) is 3.22. The van der Waals surface area contributed by atoms with E-state index < -0.39 is 18.1 Å². The van der Waals surface area contributed by atoms with E-state index in [1.807, 2.05) is 6.92 Å². The maximum Gasteiger partial charge on any atom is 0.409 e. The minimum absolute atomic E-state index is 0.0122. The van der Waals surface area contributed by atoms with Gasteiger partial charge in [-0.3, -0.25) is 10.2 Å². The molecule has 2 aromatic carbocycles. The number of hydrogen-bond acceptors (Lipinski definition) is 3. The number of fused-ring (bicyclic) bond motifs is 1. The van der Waals surface area contributed by atoms with Crippen LogP contribution in [0.2, 0.25) is 0 Å². The lowest BCUT2D eigenvalue weighted by Crippen LogP contribution is -2.43. The van der Waals surface area contributed by atoms with Gasteiger partial charge in [0.25, 0.3) is 0 Å². The number of rotatable bonds is 6. The van der Waals surface area contributed by atoms with E-state index in [4.69, 9.17) is 4.74 Å². The maximum absolute atomic E-state index is 13.9. The molecule has 4 nitrogen and oxygen atoms in total.